The van der Waals surface area contributed by atoms with Gasteiger partial charge >= 0.3 is 0 Å². The number of hydrogen-bond donors (Lipinski definition) is 1. The number of aliphatic hydroxyl groups excluding tert-OH is 1. The van der Waals surface area contributed by atoms with Gasteiger partial charge < -0.3 is 5.11 Å². The third-order valence-corrected chi connectivity index (χ3v) is 1.76. The van der Waals surface area contributed by atoms with Gasteiger partial charge in [0, 0.05) is 10.7 Å². The minimum absolute atomic E-state index is 0.421. The van der Waals surface area contributed by atoms with E-state index in [0.717, 1.165) is 10.2 Å². The number of nitrogens with zero attached hydrogens (tertiary/aromatic N) is 1. The minimum Gasteiger partial charge on any atom is -0.389 e. The normalized spacial score (nSPS) is 13.6. The molecule has 0 saturated carbocycles. The first-order valence-corrected chi connectivity index (χ1v) is 4.45. The zero-order valence-electron chi connectivity index (χ0n) is 6.74. The van der Waals surface area contributed by atoms with Gasteiger partial charge in [-0.2, -0.15) is 0 Å². The molecule has 1 N–H and O–H groups in total. The van der Waals surface area contributed by atoms with Crippen molar-refractivity contribution in [2.75, 3.05) is 0 Å². The molecule has 0 aliphatic heterocycles. The van der Waals surface area contributed by atoms with E-state index < -0.39 is 6.10 Å². The van der Waals surface area contributed by atoms with Crippen LogP contribution in [0.15, 0.2) is 28.9 Å². The van der Waals surface area contributed by atoms with Gasteiger partial charge in [-0.1, -0.05) is 6.08 Å². The number of pyridine rings is 1. The molecule has 1 aromatic heterocycles. The Balaban J connectivity index is 2.71. The molecule has 0 radical (unpaired) electrons. The third-order valence-electron chi connectivity index (χ3n) is 1.30. The van der Waals surface area contributed by atoms with Gasteiger partial charge in [-0.15, -0.1) is 0 Å². The van der Waals surface area contributed by atoms with Crippen molar-refractivity contribution in [1.82, 2.24) is 4.98 Å². The molecule has 1 atom stereocenters. The summed E-state index contributed by atoms with van der Waals surface area (Å²) in [5.41, 5.74) is 0.846. The minimum atomic E-state index is -0.421. The number of rotatable bonds is 2. The first-order chi connectivity index (χ1) is 5.68. The van der Waals surface area contributed by atoms with E-state index in [2.05, 4.69) is 20.9 Å². The van der Waals surface area contributed by atoms with Crippen molar-refractivity contribution < 1.29 is 5.11 Å². The molecule has 0 aliphatic carbocycles. The van der Waals surface area contributed by atoms with Gasteiger partial charge in [-0.3, -0.25) is 4.98 Å². The fraction of sp³-hybridized carbons (Fsp3) is 0.222. The lowest BCUT2D eigenvalue weighted by Gasteiger charge is -1.94. The maximum absolute atomic E-state index is 8.94. The molecule has 0 spiro atoms. The highest BCUT2D eigenvalue weighted by atomic mass is 79.9. The summed E-state index contributed by atoms with van der Waals surface area (Å²) in [5, 5.41) is 8.94. The Morgan fingerprint density at radius 3 is 2.83 bits per heavy atom. The predicted molar refractivity (Wildman–Crippen MR) is 52.7 cm³/mol. The molecule has 0 aromatic carbocycles. The smallest absolute Gasteiger partial charge is 0.0696 e. The van der Waals surface area contributed by atoms with E-state index in [1.807, 2.05) is 12.1 Å². The van der Waals surface area contributed by atoms with E-state index in [0.29, 0.717) is 0 Å². The summed E-state index contributed by atoms with van der Waals surface area (Å²) in [5.74, 6) is 0. The molecule has 0 bridgehead atoms. The Morgan fingerprint density at radius 1 is 1.58 bits per heavy atom. The molecular formula is C9H10BrNO. The number of hydrogen-bond acceptors (Lipinski definition) is 2. The molecule has 0 fully saturated rings. The van der Waals surface area contributed by atoms with Gasteiger partial charge in [0.05, 0.1) is 11.8 Å². The number of aliphatic hydroxyl groups is 1. The standard InChI is InChI=1S/C9H10BrNO/c1-7(12)2-4-9-5-3-8(10)6-11-9/h2-7,12H,1H3. The molecule has 0 aliphatic rings. The van der Waals surface area contributed by atoms with Crippen LogP contribution in [-0.2, 0) is 0 Å². The van der Waals surface area contributed by atoms with E-state index in [4.69, 9.17) is 5.11 Å². The molecule has 1 unspecified atom stereocenters. The van der Waals surface area contributed by atoms with E-state index in [-0.39, 0.29) is 0 Å². The van der Waals surface area contributed by atoms with Crippen LogP contribution in [0.3, 0.4) is 0 Å². The van der Waals surface area contributed by atoms with Crippen LogP contribution in [0.2, 0.25) is 0 Å². The first-order valence-electron chi connectivity index (χ1n) is 3.66. The Morgan fingerprint density at radius 2 is 2.33 bits per heavy atom. The summed E-state index contributed by atoms with van der Waals surface area (Å²) in [6.07, 6.45) is 4.78. The molecule has 3 heteroatoms. The summed E-state index contributed by atoms with van der Waals surface area (Å²) in [6.45, 7) is 1.70. The highest BCUT2D eigenvalue weighted by Gasteiger charge is 1.90. The lowest BCUT2D eigenvalue weighted by atomic mass is 10.3. The van der Waals surface area contributed by atoms with Crippen molar-refractivity contribution in [2.45, 2.75) is 13.0 Å². The molecule has 0 amide bonds. The first kappa shape index (κ1) is 9.42. The van der Waals surface area contributed by atoms with Crippen LogP contribution in [0.25, 0.3) is 6.08 Å². The molecule has 0 saturated heterocycles. The second kappa shape index (κ2) is 4.38. The molecule has 1 aromatic rings. The topological polar surface area (TPSA) is 33.1 Å². The van der Waals surface area contributed by atoms with Gasteiger partial charge in [0.25, 0.3) is 0 Å². The zero-order chi connectivity index (χ0) is 8.97. The average Bonchev–Trinajstić information content (AvgIpc) is 2.03. The second-order valence-electron chi connectivity index (χ2n) is 2.50. The molecule has 64 valence electrons. The van der Waals surface area contributed by atoms with Crippen LogP contribution in [-0.4, -0.2) is 16.2 Å². The largest absolute Gasteiger partial charge is 0.389 e. The predicted octanol–water partition coefficient (Wildman–Crippen LogP) is 2.24. The average molecular weight is 228 g/mol. The summed E-state index contributed by atoms with van der Waals surface area (Å²) < 4.78 is 0.955. The van der Waals surface area contributed by atoms with Gasteiger partial charge in [-0.05, 0) is 41.1 Å². The van der Waals surface area contributed by atoms with Crippen molar-refractivity contribution in [1.29, 1.82) is 0 Å². The fourth-order valence-corrected chi connectivity index (χ4v) is 0.958. The monoisotopic (exact) mass is 227 g/mol. The van der Waals surface area contributed by atoms with E-state index in [1.165, 1.54) is 0 Å². The molecular weight excluding hydrogens is 218 g/mol. The number of halogens is 1. The lowest BCUT2D eigenvalue weighted by molar-refractivity contribution is 0.245. The van der Waals surface area contributed by atoms with Crippen LogP contribution in [0.1, 0.15) is 12.6 Å². The third kappa shape index (κ3) is 3.15. The summed E-state index contributed by atoms with van der Waals surface area (Å²) in [7, 11) is 0. The maximum Gasteiger partial charge on any atom is 0.0696 e. The number of aromatic nitrogens is 1. The van der Waals surface area contributed by atoms with E-state index >= 15 is 0 Å². The van der Waals surface area contributed by atoms with Crippen molar-refractivity contribution in [3.05, 3.63) is 34.6 Å². The van der Waals surface area contributed by atoms with Crippen molar-refractivity contribution in [2.24, 2.45) is 0 Å². The van der Waals surface area contributed by atoms with Crippen LogP contribution < -0.4 is 0 Å². The van der Waals surface area contributed by atoms with Gasteiger partial charge in [0.1, 0.15) is 0 Å². The summed E-state index contributed by atoms with van der Waals surface area (Å²) in [6, 6.07) is 3.79. The molecule has 2 nitrogen and oxygen atoms in total. The zero-order valence-corrected chi connectivity index (χ0v) is 8.32. The molecule has 1 rings (SSSR count). The van der Waals surface area contributed by atoms with Gasteiger partial charge in [-0.25, -0.2) is 0 Å². The summed E-state index contributed by atoms with van der Waals surface area (Å²) in [4.78, 5) is 4.11. The van der Waals surface area contributed by atoms with E-state index in [1.54, 1.807) is 25.3 Å². The molecule has 12 heavy (non-hydrogen) atoms. The van der Waals surface area contributed by atoms with Crippen LogP contribution in [0.5, 0.6) is 0 Å². The molecule has 1 heterocycles. The quantitative estimate of drug-likeness (QED) is 0.841. The van der Waals surface area contributed by atoms with Crippen molar-refractivity contribution in [3.8, 4) is 0 Å². The Bertz CT molecular complexity index is 266. The van der Waals surface area contributed by atoms with Crippen molar-refractivity contribution in [3.63, 3.8) is 0 Å². The fourth-order valence-electron chi connectivity index (χ4n) is 0.724. The highest BCUT2D eigenvalue weighted by molar-refractivity contribution is 9.10. The lowest BCUT2D eigenvalue weighted by Crippen LogP contribution is -1.91. The Labute approximate surface area is 80.1 Å². The Hall–Kier alpha value is -0.670. The van der Waals surface area contributed by atoms with Gasteiger partial charge in [0.15, 0.2) is 0 Å². The Kier molecular flexibility index (Phi) is 3.44. The second-order valence-corrected chi connectivity index (χ2v) is 3.42. The van der Waals surface area contributed by atoms with Crippen LogP contribution >= 0.6 is 15.9 Å². The van der Waals surface area contributed by atoms with Crippen molar-refractivity contribution >= 4 is 22.0 Å². The maximum atomic E-state index is 8.94. The summed E-state index contributed by atoms with van der Waals surface area (Å²) >= 11 is 3.29. The van der Waals surface area contributed by atoms with Crippen LogP contribution in [0.4, 0.5) is 0 Å². The SMILES string of the molecule is CC(O)C=Cc1ccc(Br)cn1. The van der Waals surface area contributed by atoms with Crippen LogP contribution in [0, 0.1) is 0 Å². The van der Waals surface area contributed by atoms with Gasteiger partial charge in [0.2, 0.25) is 0 Å². The van der Waals surface area contributed by atoms with E-state index in [9.17, 15) is 0 Å². The highest BCUT2D eigenvalue weighted by Crippen LogP contribution is 2.08.